The van der Waals surface area contributed by atoms with Crippen molar-refractivity contribution in [2.24, 2.45) is 10.8 Å². The first-order valence-corrected chi connectivity index (χ1v) is 29.2. The van der Waals surface area contributed by atoms with Crippen LogP contribution in [0.2, 0.25) is 0 Å². The van der Waals surface area contributed by atoms with Crippen LogP contribution in [0, 0.1) is 10.8 Å². The molecular weight excluding hydrogens is 975 g/mol. The molecule has 0 saturated heterocycles. The van der Waals surface area contributed by atoms with E-state index in [1.54, 1.807) is 0 Å². The first-order valence-electron chi connectivity index (χ1n) is 29.2. The van der Waals surface area contributed by atoms with Crippen LogP contribution in [0.5, 0.6) is 0 Å². The summed E-state index contributed by atoms with van der Waals surface area (Å²) in [5.74, 6) is 0.378. The summed E-state index contributed by atoms with van der Waals surface area (Å²) in [6.07, 6.45) is 1.10. The van der Waals surface area contributed by atoms with Crippen molar-refractivity contribution >= 4 is 17.1 Å². The lowest BCUT2D eigenvalue weighted by Crippen LogP contribution is -2.26. The third kappa shape index (κ3) is 8.18. The lowest BCUT2D eigenvalue weighted by Gasteiger charge is -2.37. The van der Waals surface area contributed by atoms with Gasteiger partial charge in [0.05, 0.1) is 5.41 Å². The van der Waals surface area contributed by atoms with Gasteiger partial charge in [-0.2, -0.15) is 0 Å². The highest BCUT2D eigenvalue weighted by atomic mass is 15.1. The van der Waals surface area contributed by atoms with Gasteiger partial charge in [-0.1, -0.05) is 262 Å². The highest BCUT2D eigenvalue weighted by Gasteiger charge is 2.52. The van der Waals surface area contributed by atoms with E-state index in [1.807, 2.05) is 0 Å². The third-order valence-electron chi connectivity index (χ3n) is 18.3. The molecule has 0 N–H and O–H groups in total. The van der Waals surface area contributed by atoms with Gasteiger partial charge in [-0.3, -0.25) is 0 Å². The standard InChI is InChI=1S/C80H69N/c1-77(2,3)51-76(78(4,5)6)63-30-15-14-29-62(63)56-40-45-69-66-33-18-21-36-72(66)80(75(69)49-56)71-35-20-17-32-65(71)68-44-39-55(48-74(68)80)61-28-13-12-27-60(61)54-25-22-26-58(47-54)81(57-41-37-53(38-42-57)52-23-10-9-11-24-52)59-43-46-67-64-31-16-19-34-70(64)79(7,8)73(67)50-59/h9-50,76H,51H2,1-8H3. The van der Waals surface area contributed by atoms with Gasteiger partial charge in [0, 0.05) is 22.5 Å². The number of hydrogen-bond acceptors (Lipinski definition) is 1. The molecule has 0 heterocycles. The lowest BCUT2D eigenvalue weighted by atomic mass is 9.67. The summed E-state index contributed by atoms with van der Waals surface area (Å²) in [5, 5.41) is 0. The minimum Gasteiger partial charge on any atom is -0.310 e. The largest absolute Gasteiger partial charge is 0.310 e. The smallest absolute Gasteiger partial charge is 0.0725 e. The fraction of sp³-hybridized carbons (Fsp3) is 0.175. The molecule has 0 bridgehead atoms. The predicted molar refractivity (Wildman–Crippen MR) is 343 cm³/mol. The minimum atomic E-state index is -0.523. The Hall–Kier alpha value is -8.78. The summed E-state index contributed by atoms with van der Waals surface area (Å²) >= 11 is 0. The molecule has 81 heavy (non-hydrogen) atoms. The van der Waals surface area contributed by atoms with Gasteiger partial charge in [-0.05, 0) is 189 Å². The molecule has 1 heteroatoms. The molecule has 0 amide bonds. The average Bonchev–Trinajstić information content (AvgIpc) is 3.29. The van der Waals surface area contributed by atoms with Crippen molar-refractivity contribution < 1.29 is 0 Å². The number of nitrogens with zero attached hydrogens (tertiary/aromatic N) is 1. The monoisotopic (exact) mass is 1040 g/mol. The molecule has 0 fully saturated rings. The van der Waals surface area contributed by atoms with E-state index in [-0.39, 0.29) is 16.2 Å². The molecule has 1 spiro atoms. The van der Waals surface area contributed by atoms with E-state index in [9.17, 15) is 0 Å². The van der Waals surface area contributed by atoms with Crippen molar-refractivity contribution in [1.29, 1.82) is 0 Å². The Morgan fingerprint density at radius 1 is 0.309 bits per heavy atom. The molecule has 11 aromatic rings. The average molecular weight is 1040 g/mol. The van der Waals surface area contributed by atoms with Crippen LogP contribution in [0.25, 0.3) is 77.9 Å². The predicted octanol–water partition coefficient (Wildman–Crippen LogP) is 22.0. The Bertz CT molecular complexity index is 4240. The number of benzene rings is 11. The first kappa shape index (κ1) is 50.4. The van der Waals surface area contributed by atoms with Crippen LogP contribution in [-0.2, 0) is 10.8 Å². The topological polar surface area (TPSA) is 3.24 Å². The van der Waals surface area contributed by atoms with Crippen LogP contribution >= 0.6 is 0 Å². The zero-order chi connectivity index (χ0) is 55.4. The Balaban J connectivity index is 0.913. The van der Waals surface area contributed by atoms with Gasteiger partial charge in [0.2, 0.25) is 0 Å². The Labute approximate surface area is 480 Å². The summed E-state index contributed by atoms with van der Waals surface area (Å²) in [6, 6.07) is 96.5. The summed E-state index contributed by atoms with van der Waals surface area (Å²) < 4.78 is 0. The molecular formula is C80H69N. The van der Waals surface area contributed by atoms with Crippen LogP contribution in [0.4, 0.5) is 17.1 Å². The second-order valence-corrected chi connectivity index (χ2v) is 25.9. The van der Waals surface area contributed by atoms with Crippen LogP contribution in [-0.4, -0.2) is 0 Å². The first-order chi connectivity index (χ1) is 39.2. The summed E-state index contributed by atoms with van der Waals surface area (Å²) in [5.41, 5.74) is 30.2. The van der Waals surface area contributed by atoms with Crippen molar-refractivity contribution in [3.8, 4) is 77.9 Å². The normalized spacial score (nSPS) is 15.6. The molecule has 2 atom stereocenters. The van der Waals surface area contributed by atoms with Crippen LogP contribution in [0.15, 0.2) is 255 Å². The van der Waals surface area contributed by atoms with Crippen LogP contribution < -0.4 is 4.90 Å². The van der Waals surface area contributed by atoms with E-state index in [0.717, 1.165) is 23.5 Å². The fourth-order valence-corrected chi connectivity index (χ4v) is 14.5. The quantitative estimate of drug-likeness (QED) is 0.139. The minimum absolute atomic E-state index is 0.0799. The van der Waals surface area contributed by atoms with Crippen molar-refractivity contribution in [3.05, 3.63) is 294 Å². The van der Waals surface area contributed by atoms with Crippen LogP contribution in [0.3, 0.4) is 0 Å². The van der Waals surface area contributed by atoms with Crippen molar-refractivity contribution in [3.63, 3.8) is 0 Å². The number of hydrogen-bond donors (Lipinski definition) is 0. The molecule has 0 aromatic heterocycles. The SMILES string of the molecule is CC(C)(C)CC(c1ccccc1-c1ccc2c(c1)C1(c3ccccc3-c3ccc(-c4ccccc4-c4cccc(N(c5ccc(-c6ccccc6)cc5)c5ccc6c(c5)C(C)(C)c5ccccc5-6)c4)cc31)c1ccccc1-2)C(C)(C)C. The fourth-order valence-electron chi connectivity index (χ4n) is 14.5. The molecule has 1 nitrogen and oxygen atoms in total. The molecule has 0 aliphatic heterocycles. The van der Waals surface area contributed by atoms with Crippen molar-refractivity contribution in [1.82, 2.24) is 0 Å². The van der Waals surface area contributed by atoms with E-state index in [0.29, 0.717) is 5.92 Å². The molecule has 11 aromatic carbocycles. The van der Waals surface area contributed by atoms with Gasteiger partial charge in [0.15, 0.2) is 0 Å². The molecule has 394 valence electrons. The van der Waals surface area contributed by atoms with E-state index in [1.165, 1.54) is 117 Å². The molecule has 14 rings (SSSR count). The maximum atomic E-state index is 2.57. The maximum Gasteiger partial charge on any atom is 0.0725 e. The highest BCUT2D eigenvalue weighted by Crippen LogP contribution is 2.64. The summed E-state index contributed by atoms with van der Waals surface area (Å²) in [4.78, 5) is 2.45. The van der Waals surface area contributed by atoms with E-state index < -0.39 is 5.41 Å². The van der Waals surface area contributed by atoms with Gasteiger partial charge in [-0.25, -0.2) is 0 Å². The molecule has 0 radical (unpaired) electrons. The van der Waals surface area contributed by atoms with Gasteiger partial charge >= 0.3 is 0 Å². The third-order valence-corrected chi connectivity index (χ3v) is 18.3. The highest BCUT2D eigenvalue weighted by molar-refractivity contribution is 5.98. The van der Waals surface area contributed by atoms with Gasteiger partial charge in [0.1, 0.15) is 0 Å². The zero-order valence-electron chi connectivity index (χ0n) is 48.0. The van der Waals surface area contributed by atoms with Crippen LogP contribution in [0.1, 0.15) is 107 Å². The Morgan fingerprint density at radius 2 is 0.716 bits per heavy atom. The molecule has 0 saturated carbocycles. The maximum absolute atomic E-state index is 2.57. The number of rotatable bonds is 9. The van der Waals surface area contributed by atoms with Gasteiger partial charge in [0.25, 0.3) is 0 Å². The van der Waals surface area contributed by atoms with Gasteiger partial charge in [-0.15, -0.1) is 0 Å². The molecule has 2 unspecified atom stereocenters. The lowest BCUT2D eigenvalue weighted by molar-refractivity contribution is 0.229. The van der Waals surface area contributed by atoms with E-state index in [2.05, 4.69) is 315 Å². The second kappa shape index (κ2) is 18.9. The number of fused-ring (bicyclic) bond motifs is 13. The number of anilines is 3. The second-order valence-electron chi connectivity index (χ2n) is 25.9. The zero-order valence-corrected chi connectivity index (χ0v) is 48.0. The summed E-state index contributed by atoms with van der Waals surface area (Å²) in [6.45, 7) is 19.2. The van der Waals surface area contributed by atoms with E-state index >= 15 is 0 Å². The molecule has 3 aliphatic rings. The molecule has 3 aliphatic carbocycles. The summed E-state index contributed by atoms with van der Waals surface area (Å²) in [7, 11) is 0. The van der Waals surface area contributed by atoms with Gasteiger partial charge < -0.3 is 4.90 Å². The Kier molecular flexibility index (Phi) is 11.8. The van der Waals surface area contributed by atoms with Crippen molar-refractivity contribution in [2.75, 3.05) is 4.90 Å². The Morgan fingerprint density at radius 3 is 1.31 bits per heavy atom. The van der Waals surface area contributed by atoms with E-state index in [4.69, 9.17) is 0 Å². The van der Waals surface area contributed by atoms with Crippen molar-refractivity contribution in [2.45, 2.75) is 78.6 Å².